The van der Waals surface area contributed by atoms with Gasteiger partial charge < -0.3 is 18.9 Å². The molecule has 3 heterocycles. The lowest BCUT2D eigenvalue weighted by Crippen LogP contribution is -2.49. The van der Waals surface area contributed by atoms with Crippen LogP contribution in [0.25, 0.3) is 21.8 Å². The SMILES string of the molecule is Cn1cc(C(=O)N2CCN(c3ccccc3F)CC2)c2c3ccccc3n(C)c2c1=O. The highest BCUT2D eigenvalue weighted by Gasteiger charge is 2.27. The highest BCUT2D eigenvalue weighted by atomic mass is 19.1. The maximum Gasteiger partial charge on any atom is 0.274 e. The van der Waals surface area contributed by atoms with Gasteiger partial charge in [-0.2, -0.15) is 0 Å². The summed E-state index contributed by atoms with van der Waals surface area (Å²) in [4.78, 5) is 30.2. The third-order valence-corrected chi connectivity index (χ3v) is 6.21. The molecule has 7 heteroatoms. The number of aryl methyl sites for hydroxylation is 2. The average molecular weight is 418 g/mol. The van der Waals surface area contributed by atoms with Crippen LogP contribution in [0, 0.1) is 5.82 Å². The summed E-state index contributed by atoms with van der Waals surface area (Å²) in [5, 5.41) is 1.59. The van der Waals surface area contributed by atoms with Crippen molar-refractivity contribution in [2.24, 2.45) is 14.1 Å². The van der Waals surface area contributed by atoms with Gasteiger partial charge in [-0.1, -0.05) is 30.3 Å². The molecule has 0 saturated carbocycles. The molecule has 0 unspecified atom stereocenters. The first-order valence-corrected chi connectivity index (χ1v) is 10.3. The van der Waals surface area contributed by atoms with E-state index in [1.54, 1.807) is 30.3 Å². The molecule has 4 aromatic rings. The number of hydrogen-bond donors (Lipinski definition) is 0. The molecule has 0 atom stereocenters. The number of carbonyl (C=O) groups is 1. The summed E-state index contributed by atoms with van der Waals surface area (Å²) < 4.78 is 17.5. The maximum atomic E-state index is 14.1. The Morgan fingerprint density at radius 3 is 2.35 bits per heavy atom. The molecule has 0 N–H and O–H groups in total. The summed E-state index contributed by atoms with van der Waals surface area (Å²) in [5.41, 5.74) is 2.40. The van der Waals surface area contributed by atoms with E-state index in [0.717, 1.165) is 10.9 Å². The number of rotatable bonds is 2. The molecule has 6 nitrogen and oxygen atoms in total. The van der Waals surface area contributed by atoms with E-state index in [-0.39, 0.29) is 17.3 Å². The smallest absolute Gasteiger partial charge is 0.274 e. The van der Waals surface area contributed by atoms with Crippen molar-refractivity contribution in [2.45, 2.75) is 0 Å². The molecule has 2 aromatic heterocycles. The second kappa shape index (κ2) is 7.27. The third-order valence-electron chi connectivity index (χ3n) is 6.21. The fourth-order valence-corrected chi connectivity index (χ4v) is 4.59. The molecule has 0 aliphatic carbocycles. The second-order valence-corrected chi connectivity index (χ2v) is 7.99. The molecule has 1 fully saturated rings. The first-order valence-electron chi connectivity index (χ1n) is 10.3. The first kappa shape index (κ1) is 19.4. The Morgan fingerprint density at radius 1 is 0.935 bits per heavy atom. The highest BCUT2D eigenvalue weighted by molar-refractivity contribution is 6.17. The summed E-state index contributed by atoms with van der Waals surface area (Å²) in [5.74, 6) is -0.358. The number of para-hydroxylation sites is 2. The van der Waals surface area contributed by atoms with Gasteiger partial charge in [0.25, 0.3) is 11.5 Å². The Bertz CT molecular complexity index is 1380. The summed E-state index contributed by atoms with van der Waals surface area (Å²) in [6, 6.07) is 14.5. The predicted molar refractivity (Wildman–Crippen MR) is 120 cm³/mol. The first-order chi connectivity index (χ1) is 15.0. The Labute approximate surface area is 178 Å². The van der Waals surface area contributed by atoms with Gasteiger partial charge in [-0.25, -0.2) is 4.39 Å². The lowest BCUT2D eigenvalue weighted by molar-refractivity contribution is 0.0748. The minimum absolute atomic E-state index is 0.106. The average Bonchev–Trinajstić information content (AvgIpc) is 3.09. The van der Waals surface area contributed by atoms with Gasteiger partial charge >= 0.3 is 0 Å². The van der Waals surface area contributed by atoms with Gasteiger partial charge in [0.1, 0.15) is 11.3 Å². The molecule has 0 bridgehead atoms. The summed E-state index contributed by atoms with van der Waals surface area (Å²) >= 11 is 0. The third kappa shape index (κ3) is 3.00. The number of hydrogen-bond acceptors (Lipinski definition) is 3. The molecule has 1 aliphatic rings. The van der Waals surface area contributed by atoms with Crippen molar-refractivity contribution in [2.75, 3.05) is 31.1 Å². The van der Waals surface area contributed by atoms with Crippen LogP contribution in [0.2, 0.25) is 0 Å². The molecular formula is C24H23FN4O2. The molecule has 5 rings (SSSR count). The number of benzene rings is 2. The van der Waals surface area contributed by atoms with E-state index in [1.807, 2.05) is 46.8 Å². The van der Waals surface area contributed by atoms with Gasteiger partial charge in [0.05, 0.1) is 11.3 Å². The molecular weight excluding hydrogens is 395 g/mol. The number of aromatic nitrogens is 2. The molecule has 0 spiro atoms. The molecule has 2 aromatic carbocycles. The van der Waals surface area contributed by atoms with E-state index in [9.17, 15) is 14.0 Å². The number of fused-ring (bicyclic) bond motifs is 3. The summed E-state index contributed by atoms with van der Waals surface area (Å²) in [6.45, 7) is 2.08. The van der Waals surface area contributed by atoms with E-state index >= 15 is 0 Å². The number of amides is 1. The largest absolute Gasteiger partial charge is 0.366 e. The van der Waals surface area contributed by atoms with E-state index in [0.29, 0.717) is 48.3 Å². The number of halogens is 1. The number of nitrogens with zero attached hydrogens (tertiary/aromatic N) is 4. The molecule has 1 aliphatic heterocycles. The lowest BCUT2D eigenvalue weighted by Gasteiger charge is -2.36. The fourth-order valence-electron chi connectivity index (χ4n) is 4.59. The number of carbonyl (C=O) groups excluding carboxylic acids is 1. The van der Waals surface area contributed by atoms with Crippen molar-refractivity contribution in [1.82, 2.24) is 14.0 Å². The van der Waals surface area contributed by atoms with Crippen LogP contribution in [0.3, 0.4) is 0 Å². The van der Waals surface area contributed by atoms with Crippen LogP contribution >= 0.6 is 0 Å². The highest BCUT2D eigenvalue weighted by Crippen LogP contribution is 2.30. The molecule has 31 heavy (non-hydrogen) atoms. The van der Waals surface area contributed by atoms with E-state index in [4.69, 9.17) is 0 Å². The Kier molecular flexibility index (Phi) is 4.54. The fraction of sp³-hybridized carbons (Fsp3) is 0.250. The van der Waals surface area contributed by atoms with Gasteiger partial charge in [0.15, 0.2) is 0 Å². The van der Waals surface area contributed by atoms with Crippen LogP contribution in [-0.4, -0.2) is 46.1 Å². The van der Waals surface area contributed by atoms with Crippen molar-refractivity contribution in [3.05, 3.63) is 76.5 Å². The Hall–Kier alpha value is -3.61. The van der Waals surface area contributed by atoms with E-state index in [2.05, 4.69) is 0 Å². The zero-order valence-corrected chi connectivity index (χ0v) is 17.5. The van der Waals surface area contributed by atoms with Crippen molar-refractivity contribution in [3.63, 3.8) is 0 Å². The van der Waals surface area contributed by atoms with E-state index in [1.165, 1.54) is 10.6 Å². The quantitative estimate of drug-likeness (QED) is 0.503. The van der Waals surface area contributed by atoms with Gasteiger partial charge in [-0.15, -0.1) is 0 Å². The van der Waals surface area contributed by atoms with E-state index < -0.39 is 0 Å². The zero-order valence-electron chi connectivity index (χ0n) is 17.5. The maximum absolute atomic E-state index is 14.1. The normalized spacial score (nSPS) is 14.5. The minimum atomic E-state index is -0.252. The minimum Gasteiger partial charge on any atom is -0.366 e. The van der Waals surface area contributed by atoms with Crippen LogP contribution in [0.4, 0.5) is 10.1 Å². The lowest BCUT2D eigenvalue weighted by atomic mass is 10.1. The van der Waals surface area contributed by atoms with Crippen LogP contribution in [0.1, 0.15) is 10.4 Å². The molecule has 1 amide bonds. The van der Waals surface area contributed by atoms with Gasteiger partial charge in [-0.05, 0) is 18.2 Å². The van der Waals surface area contributed by atoms with Gasteiger partial charge in [-0.3, -0.25) is 9.59 Å². The summed E-state index contributed by atoms with van der Waals surface area (Å²) in [7, 11) is 3.53. The zero-order chi connectivity index (χ0) is 21.7. The molecule has 0 radical (unpaired) electrons. The van der Waals surface area contributed by atoms with Gasteiger partial charge in [0, 0.05) is 62.8 Å². The van der Waals surface area contributed by atoms with Crippen molar-refractivity contribution in [1.29, 1.82) is 0 Å². The Morgan fingerprint density at radius 2 is 1.61 bits per heavy atom. The molecule has 1 saturated heterocycles. The van der Waals surface area contributed by atoms with Crippen molar-refractivity contribution >= 4 is 33.4 Å². The number of anilines is 1. The summed E-state index contributed by atoms with van der Waals surface area (Å²) in [6.07, 6.45) is 1.64. The molecule has 158 valence electrons. The van der Waals surface area contributed by atoms with Crippen LogP contribution < -0.4 is 10.5 Å². The second-order valence-electron chi connectivity index (χ2n) is 7.99. The van der Waals surface area contributed by atoms with Crippen LogP contribution in [0.15, 0.2) is 59.5 Å². The Balaban J connectivity index is 1.53. The monoisotopic (exact) mass is 418 g/mol. The standard InChI is InChI=1S/C24H23FN4O2/c1-26-15-17(21-16-7-3-5-9-19(16)27(2)22(21)24(26)31)23(30)29-13-11-28(12-14-29)20-10-6-4-8-18(20)25/h3-10,15H,11-14H2,1-2H3. The number of pyridine rings is 1. The van der Waals surface area contributed by atoms with Crippen molar-refractivity contribution < 1.29 is 9.18 Å². The number of piperazine rings is 1. The van der Waals surface area contributed by atoms with Crippen molar-refractivity contribution in [3.8, 4) is 0 Å². The topological polar surface area (TPSA) is 50.5 Å². The van der Waals surface area contributed by atoms with Crippen LogP contribution in [0.5, 0.6) is 0 Å². The van der Waals surface area contributed by atoms with Gasteiger partial charge in [0.2, 0.25) is 0 Å². The van der Waals surface area contributed by atoms with Crippen LogP contribution in [-0.2, 0) is 14.1 Å². The predicted octanol–water partition coefficient (Wildman–Crippen LogP) is 3.13.